The van der Waals surface area contributed by atoms with Crippen molar-refractivity contribution < 1.29 is 0 Å². The minimum Gasteiger partial charge on any atom is -0.357 e. The molecule has 1 aliphatic rings. The highest BCUT2D eigenvalue weighted by molar-refractivity contribution is 5.83. The summed E-state index contributed by atoms with van der Waals surface area (Å²) in [6.07, 6.45) is 3.47. The Hall–Kier alpha value is -3.56. The first-order valence-electron chi connectivity index (χ1n) is 11.8. The highest BCUT2D eigenvalue weighted by Gasteiger charge is 2.12. The number of anilines is 3. The van der Waals surface area contributed by atoms with Crippen molar-refractivity contribution in [3.05, 3.63) is 54.5 Å². The quantitative estimate of drug-likeness (QED) is 0.388. The molecule has 9 nitrogen and oxygen atoms in total. The minimum atomic E-state index is 0.357. The van der Waals surface area contributed by atoms with E-state index in [2.05, 4.69) is 72.4 Å². The van der Waals surface area contributed by atoms with Crippen LogP contribution in [0.2, 0.25) is 0 Å². The predicted octanol–water partition coefficient (Wildman–Crippen LogP) is 3.41. The number of aromatic nitrogens is 5. The van der Waals surface area contributed by atoms with Gasteiger partial charge in [-0.3, -0.25) is 4.90 Å². The van der Waals surface area contributed by atoms with E-state index >= 15 is 0 Å². The fourth-order valence-corrected chi connectivity index (χ4v) is 4.08. The molecule has 3 N–H and O–H groups in total. The number of aromatic amines is 1. The van der Waals surface area contributed by atoms with Gasteiger partial charge in [-0.15, -0.1) is 0 Å². The lowest BCUT2D eigenvalue weighted by Crippen LogP contribution is -2.42. The third-order valence-corrected chi connectivity index (χ3v) is 6.25. The van der Waals surface area contributed by atoms with E-state index < -0.39 is 0 Å². The second kappa shape index (κ2) is 9.74. The molecule has 0 unspecified atom stereocenters. The minimum absolute atomic E-state index is 0.357. The molecule has 9 heteroatoms. The Morgan fingerprint density at radius 1 is 1.06 bits per heavy atom. The summed E-state index contributed by atoms with van der Waals surface area (Å²) in [6.45, 7) is 9.43. The summed E-state index contributed by atoms with van der Waals surface area (Å²) in [6, 6.07) is 12.7. The first-order chi connectivity index (χ1) is 16.5. The van der Waals surface area contributed by atoms with Crippen molar-refractivity contribution in [2.75, 3.05) is 43.4 Å². The lowest BCUT2D eigenvalue weighted by atomic mass is 10.1. The van der Waals surface area contributed by atoms with Crippen LogP contribution in [0.1, 0.15) is 19.4 Å². The van der Waals surface area contributed by atoms with Gasteiger partial charge < -0.3 is 20.5 Å². The molecule has 4 heterocycles. The van der Waals surface area contributed by atoms with Crippen molar-refractivity contribution in [3.63, 3.8) is 0 Å². The Morgan fingerprint density at radius 3 is 2.74 bits per heavy atom. The van der Waals surface area contributed by atoms with Gasteiger partial charge in [0, 0.05) is 63.6 Å². The number of nitrogens with zero attached hydrogens (tertiary/aromatic N) is 6. The molecule has 1 aromatic carbocycles. The predicted molar refractivity (Wildman–Crippen MR) is 136 cm³/mol. The van der Waals surface area contributed by atoms with Crippen LogP contribution in [-0.2, 0) is 6.54 Å². The van der Waals surface area contributed by atoms with E-state index in [-0.39, 0.29) is 0 Å². The summed E-state index contributed by atoms with van der Waals surface area (Å²) in [7, 11) is 2.04. The smallest absolute Gasteiger partial charge is 0.206 e. The second-order valence-electron chi connectivity index (χ2n) is 8.98. The molecule has 0 atom stereocenters. The number of pyridine rings is 1. The molecule has 0 spiro atoms. The van der Waals surface area contributed by atoms with Crippen LogP contribution in [0, 0.1) is 0 Å². The molecule has 1 fully saturated rings. The molecule has 0 radical (unpaired) electrons. The normalized spacial score (nSPS) is 14.6. The topological polar surface area (TPSA) is 97.9 Å². The highest BCUT2D eigenvalue weighted by atomic mass is 15.2. The lowest BCUT2D eigenvalue weighted by Gasteiger charge is -2.27. The van der Waals surface area contributed by atoms with Gasteiger partial charge in [0.15, 0.2) is 0 Å². The van der Waals surface area contributed by atoms with Crippen LogP contribution in [0.3, 0.4) is 0 Å². The van der Waals surface area contributed by atoms with Crippen molar-refractivity contribution in [1.82, 2.24) is 35.1 Å². The van der Waals surface area contributed by atoms with Crippen molar-refractivity contribution in [3.8, 4) is 11.3 Å². The van der Waals surface area contributed by atoms with Crippen LogP contribution >= 0.6 is 0 Å². The SMILES string of the molecule is CC(C)N(C)c1cc(-c2ccc3nc(Nc4cc(CN5CCNCC5)ccn4)[nH]c3c2)ncn1. The van der Waals surface area contributed by atoms with E-state index in [1.54, 1.807) is 6.33 Å². The van der Waals surface area contributed by atoms with E-state index in [0.29, 0.717) is 12.0 Å². The Labute approximate surface area is 199 Å². The van der Waals surface area contributed by atoms with Gasteiger partial charge in [-0.2, -0.15) is 0 Å². The van der Waals surface area contributed by atoms with Crippen LogP contribution in [0.5, 0.6) is 0 Å². The average molecular weight is 458 g/mol. The first kappa shape index (κ1) is 22.2. The van der Waals surface area contributed by atoms with Crippen LogP contribution in [0.4, 0.5) is 17.6 Å². The Bertz CT molecular complexity index is 1260. The van der Waals surface area contributed by atoms with Crippen LogP contribution < -0.4 is 15.5 Å². The number of hydrogen-bond donors (Lipinski definition) is 3. The van der Waals surface area contributed by atoms with Crippen molar-refractivity contribution in [2.45, 2.75) is 26.4 Å². The van der Waals surface area contributed by atoms with E-state index in [1.807, 2.05) is 31.4 Å². The molecule has 176 valence electrons. The third kappa shape index (κ3) is 5.00. The van der Waals surface area contributed by atoms with Crippen LogP contribution in [0.25, 0.3) is 22.3 Å². The molecule has 5 rings (SSSR count). The number of imidazole rings is 1. The molecule has 0 bridgehead atoms. The molecule has 0 aliphatic carbocycles. The van der Waals surface area contributed by atoms with E-state index in [1.165, 1.54) is 5.56 Å². The molecular formula is C25H31N9. The summed E-state index contributed by atoms with van der Waals surface area (Å²) < 4.78 is 0. The molecule has 1 aliphatic heterocycles. The number of piperazine rings is 1. The maximum Gasteiger partial charge on any atom is 0.206 e. The monoisotopic (exact) mass is 457 g/mol. The zero-order valence-electron chi connectivity index (χ0n) is 19.9. The maximum absolute atomic E-state index is 4.69. The lowest BCUT2D eigenvalue weighted by molar-refractivity contribution is 0.233. The van der Waals surface area contributed by atoms with Gasteiger partial charge >= 0.3 is 0 Å². The van der Waals surface area contributed by atoms with Gasteiger partial charge in [0.05, 0.1) is 16.7 Å². The molecule has 1 saturated heterocycles. The average Bonchev–Trinajstić information content (AvgIpc) is 3.26. The zero-order chi connectivity index (χ0) is 23.5. The fourth-order valence-electron chi connectivity index (χ4n) is 4.08. The number of fused-ring (bicyclic) bond motifs is 1. The number of rotatable bonds is 7. The summed E-state index contributed by atoms with van der Waals surface area (Å²) >= 11 is 0. The van der Waals surface area contributed by atoms with Crippen molar-refractivity contribution in [1.29, 1.82) is 0 Å². The first-order valence-corrected chi connectivity index (χ1v) is 11.8. The van der Waals surface area contributed by atoms with Crippen molar-refractivity contribution in [2.24, 2.45) is 0 Å². The van der Waals surface area contributed by atoms with E-state index in [0.717, 1.165) is 66.7 Å². The van der Waals surface area contributed by atoms with Gasteiger partial charge in [-0.1, -0.05) is 6.07 Å². The third-order valence-electron chi connectivity index (χ3n) is 6.25. The molecule has 3 aromatic heterocycles. The van der Waals surface area contributed by atoms with Gasteiger partial charge in [-0.25, -0.2) is 19.9 Å². The summed E-state index contributed by atoms with van der Waals surface area (Å²) in [5.41, 5.74) is 4.96. The van der Waals surface area contributed by atoms with Gasteiger partial charge in [0.1, 0.15) is 18.0 Å². The Balaban J connectivity index is 1.34. The maximum atomic E-state index is 4.69. The summed E-state index contributed by atoms with van der Waals surface area (Å²) in [5.74, 6) is 2.35. The van der Waals surface area contributed by atoms with Crippen LogP contribution in [-0.4, -0.2) is 69.1 Å². The van der Waals surface area contributed by atoms with E-state index in [9.17, 15) is 0 Å². The molecule has 34 heavy (non-hydrogen) atoms. The number of nitrogens with one attached hydrogen (secondary N) is 3. The largest absolute Gasteiger partial charge is 0.357 e. The van der Waals surface area contributed by atoms with Crippen LogP contribution in [0.15, 0.2) is 48.9 Å². The molecule has 0 saturated carbocycles. The zero-order valence-corrected chi connectivity index (χ0v) is 19.9. The summed E-state index contributed by atoms with van der Waals surface area (Å²) in [5, 5.41) is 6.72. The molecule has 4 aromatic rings. The number of hydrogen-bond acceptors (Lipinski definition) is 8. The number of benzene rings is 1. The van der Waals surface area contributed by atoms with Gasteiger partial charge in [0.25, 0.3) is 0 Å². The number of H-pyrrole nitrogens is 1. The standard InChI is InChI=1S/C25H31N9/c1-17(2)33(3)24-14-21(28-16-29-24)19-4-5-20-22(13-19)31-25(30-20)32-23-12-18(6-7-27-23)15-34-10-8-26-9-11-34/h4-7,12-14,16-17,26H,8-11,15H2,1-3H3,(H2,27,30,31,32). The van der Waals surface area contributed by atoms with Gasteiger partial charge in [0.2, 0.25) is 5.95 Å². The second-order valence-corrected chi connectivity index (χ2v) is 8.98. The van der Waals surface area contributed by atoms with Crippen molar-refractivity contribution >= 4 is 28.6 Å². The van der Waals surface area contributed by atoms with E-state index in [4.69, 9.17) is 4.98 Å². The molecular weight excluding hydrogens is 426 g/mol. The Morgan fingerprint density at radius 2 is 1.91 bits per heavy atom. The fraction of sp³-hybridized carbons (Fsp3) is 0.360. The Kier molecular flexibility index (Phi) is 6.37. The summed E-state index contributed by atoms with van der Waals surface area (Å²) in [4.78, 5) is 26.0. The van der Waals surface area contributed by atoms with Gasteiger partial charge in [-0.05, 0) is 43.7 Å². The highest BCUT2D eigenvalue weighted by Crippen LogP contribution is 2.26. The molecule has 0 amide bonds.